The molecule has 1 aliphatic carbocycles. The Kier molecular flexibility index (Phi) is 5.09. The van der Waals surface area contributed by atoms with Crippen molar-refractivity contribution in [1.29, 1.82) is 5.26 Å². The maximum Gasteiger partial charge on any atom is 0.161 e. The molecule has 2 aromatic rings. The van der Waals surface area contributed by atoms with E-state index in [1.165, 1.54) is 0 Å². The Morgan fingerprint density at radius 1 is 1.13 bits per heavy atom. The number of benzene rings is 2. The minimum Gasteiger partial charge on any atom is -0.497 e. The number of nitriles is 1. The van der Waals surface area contributed by atoms with Gasteiger partial charge in [0.1, 0.15) is 11.6 Å². The average molecular weight is 399 g/mol. The number of hydrogen-bond donors (Lipinski definition) is 1. The normalized spacial score (nSPS) is 18.9. The largest absolute Gasteiger partial charge is 0.497 e. The van der Waals surface area contributed by atoms with Crippen molar-refractivity contribution in [3.63, 3.8) is 0 Å². The molecule has 2 aliphatic rings. The van der Waals surface area contributed by atoms with Crippen LogP contribution in [0.25, 0.3) is 0 Å². The van der Waals surface area contributed by atoms with E-state index >= 15 is 0 Å². The van der Waals surface area contributed by atoms with Crippen molar-refractivity contribution in [2.24, 2.45) is 5.73 Å². The van der Waals surface area contributed by atoms with Gasteiger partial charge < -0.3 is 10.5 Å². The summed E-state index contributed by atoms with van der Waals surface area (Å²) in [6, 6.07) is 16.0. The van der Waals surface area contributed by atoms with Crippen molar-refractivity contribution in [3.05, 3.63) is 81.8 Å². The van der Waals surface area contributed by atoms with Crippen LogP contribution in [0.15, 0.2) is 65.1 Å². The Morgan fingerprint density at radius 2 is 1.87 bits per heavy atom. The van der Waals surface area contributed by atoms with Gasteiger partial charge in [-0.2, -0.15) is 5.26 Å². The third-order valence-corrected chi connectivity index (χ3v) is 5.98. The summed E-state index contributed by atoms with van der Waals surface area (Å²) in [5.41, 5.74) is 12.6. The Morgan fingerprint density at radius 3 is 2.50 bits per heavy atom. The lowest BCUT2D eigenvalue weighted by atomic mass is 9.74. The first-order valence-corrected chi connectivity index (χ1v) is 10.1. The van der Waals surface area contributed by atoms with Gasteiger partial charge in [0.2, 0.25) is 0 Å². The molecule has 5 heteroatoms. The highest BCUT2D eigenvalue weighted by atomic mass is 16.5. The molecule has 2 N–H and O–H groups in total. The molecule has 5 nitrogen and oxygen atoms in total. The van der Waals surface area contributed by atoms with Gasteiger partial charge in [0.25, 0.3) is 0 Å². The molecule has 4 rings (SSSR count). The molecule has 1 aliphatic heterocycles. The number of aryl methyl sites for hydroxylation is 2. The van der Waals surface area contributed by atoms with Gasteiger partial charge in [-0.15, -0.1) is 0 Å². The van der Waals surface area contributed by atoms with Crippen LogP contribution in [0, 0.1) is 25.2 Å². The van der Waals surface area contributed by atoms with Crippen LogP contribution in [0.1, 0.15) is 41.9 Å². The summed E-state index contributed by atoms with van der Waals surface area (Å²) in [5, 5.41) is 10.1. The molecule has 152 valence electrons. The minimum atomic E-state index is -0.423. The molecule has 0 saturated heterocycles. The second-order valence-electron chi connectivity index (χ2n) is 7.87. The average Bonchev–Trinajstić information content (AvgIpc) is 2.74. The van der Waals surface area contributed by atoms with E-state index < -0.39 is 5.92 Å². The highest BCUT2D eigenvalue weighted by Crippen LogP contribution is 2.47. The zero-order valence-corrected chi connectivity index (χ0v) is 17.5. The molecule has 1 heterocycles. The molecule has 0 radical (unpaired) electrons. The second-order valence-corrected chi connectivity index (χ2v) is 7.87. The molecule has 0 saturated carbocycles. The van der Waals surface area contributed by atoms with Crippen LogP contribution in [0.3, 0.4) is 0 Å². The standard InChI is InChI=1S/C25H25N3O2/c1-15-7-12-19(16(2)13-15)23-20(14-26)25(27)28(17-8-10-18(30-3)11-9-17)21-5-4-6-22(29)24(21)23/h7-13,23H,4-6,27H2,1-3H3/t23-/m1/s1. The van der Waals surface area contributed by atoms with Gasteiger partial charge in [0.15, 0.2) is 5.78 Å². The number of rotatable bonds is 3. The smallest absolute Gasteiger partial charge is 0.161 e. The summed E-state index contributed by atoms with van der Waals surface area (Å²) in [6.07, 6.45) is 2.02. The predicted molar refractivity (Wildman–Crippen MR) is 117 cm³/mol. The molecule has 0 fully saturated rings. The van der Waals surface area contributed by atoms with Gasteiger partial charge in [-0.1, -0.05) is 23.8 Å². The topological polar surface area (TPSA) is 79.3 Å². The molecule has 2 aromatic carbocycles. The summed E-state index contributed by atoms with van der Waals surface area (Å²) >= 11 is 0. The van der Waals surface area contributed by atoms with Crippen LogP contribution in [-0.2, 0) is 4.79 Å². The van der Waals surface area contributed by atoms with Crippen molar-refractivity contribution in [2.75, 3.05) is 12.0 Å². The van der Waals surface area contributed by atoms with Crippen LogP contribution >= 0.6 is 0 Å². The maximum atomic E-state index is 13.2. The molecule has 1 atom stereocenters. The second kappa shape index (κ2) is 7.72. The number of ether oxygens (including phenoxy) is 1. The summed E-state index contributed by atoms with van der Waals surface area (Å²) in [7, 11) is 1.62. The highest BCUT2D eigenvalue weighted by Gasteiger charge is 2.40. The predicted octanol–water partition coefficient (Wildman–Crippen LogP) is 4.62. The molecule has 0 bridgehead atoms. The van der Waals surface area contributed by atoms with Crippen molar-refractivity contribution >= 4 is 11.5 Å². The third-order valence-electron chi connectivity index (χ3n) is 5.98. The number of carbonyl (C=O) groups is 1. The summed E-state index contributed by atoms with van der Waals surface area (Å²) in [6.45, 7) is 4.06. The van der Waals surface area contributed by atoms with E-state index in [1.54, 1.807) is 7.11 Å². The van der Waals surface area contributed by atoms with Gasteiger partial charge in [-0.3, -0.25) is 9.69 Å². The van der Waals surface area contributed by atoms with Crippen molar-refractivity contribution < 1.29 is 9.53 Å². The Hall–Kier alpha value is -3.52. The maximum absolute atomic E-state index is 13.2. The fourth-order valence-electron chi connectivity index (χ4n) is 4.57. The van der Waals surface area contributed by atoms with Gasteiger partial charge in [0.05, 0.1) is 24.7 Å². The number of carbonyl (C=O) groups excluding carboxylic acids is 1. The molecule has 0 aromatic heterocycles. The van der Waals surface area contributed by atoms with E-state index in [0.29, 0.717) is 23.4 Å². The highest BCUT2D eigenvalue weighted by molar-refractivity contribution is 6.01. The SMILES string of the molecule is COc1ccc(N2C(N)=C(C#N)[C@@H](c3ccc(C)cc3C)C3=C2CCCC3=O)cc1. The quantitative estimate of drug-likeness (QED) is 0.815. The van der Waals surface area contributed by atoms with Crippen LogP contribution in [0.2, 0.25) is 0 Å². The minimum absolute atomic E-state index is 0.0972. The number of hydrogen-bond acceptors (Lipinski definition) is 5. The van der Waals surface area contributed by atoms with Crippen LogP contribution in [-0.4, -0.2) is 12.9 Å². The van der Waals surface area contributed by atoms with E-state index in [1.807, 2.05) is 55.1 Å². The number of nitrogens with two attached hydrogens (primary N) is 1. The molecular weight excluding hydrogens is 374 g/mol. The number of anilines is 1. The molecule has 30 heavy (non-hydrogen) atoms. The monoisotopic (exact) mass is 399 g/mol. The zero-order chi connectivity index (χ0) is 21.4. The number of allylic oxidation sites excluding steroid dienone is 3. The summed E-state index contributed by atoms with van der Waals surface area (Å²) < 4.78 is 5.27. The molecule has 0 amide bonds. The lowest BCUT2D eigenvalue weighted by molar-refractivity contribution is -0.116. The third kappa shape index (κ3) is 3.15. The first-order chi connectivity index (χ1) is 14.5. The summed E-state index contributed by atoms with van der Waals surface area (Å²) in [5.74, 6) is 0.801. The first-order valence-electron chi connectivity index (χ1n) is 10.1. The number of nitrogens with zero attached hydrogens (tertiary/aromatic N) is 2. The van der Waals surface area contributed by atoms with Gasteiger partial charge in [-0.05, 0) is 62.1 Å². The molecule has 0 unspecified atom stereocenters. The Balaban J connectivity index is 1.95. The number of Topliss-reactive ketones (excluding diaryl/α,β-unsaturated/α-hetero) is 1. The van der Waals surface area contributed by atoms with E-state index in [4.69, 9.17) is 10.5 Å². The van der Waals surface area contributed by atoms with Crippen molar-refractivity contribution in [2.45, 2.75) is 39.0 Å². The fourth-order valence-corrected chi connectivity index (χ4v) is 4.57. The van der Waals surface area contributed by atoms with Crippen molar-refractivity contribution in [3.8, 4) is 11.8 Å². The number of methoxy groups -OCH3 is 1. The van der Waals surface area contributed by atoms with E-state index in [0.717, 1.165) is 46.7 Å². The van der Waals surface area contributed by atoms with E-state index in [2.05, 4.69) is 12.1 Å². The lowest BCUT2D eigenvalue weighted by Gasteiger charge is -2.40. The van der Waals surface area contributed by atoms with Gasteiger partial charge in [0, 0.05) is 23.4 Å². The van der Waals surface area contributed by atoms with E-state index in [9.17, 15) is 10.1 Å². The zero-order valence-electron chi connectivity index (χ0n) is 17.5. The molecule has 0 spiro atoms. The fraction of sp³-hybridized carbons (Fsp3) is 0.280. The molecular formula is C25H25N3O2. The first kappa shape index (κ1) is 19.8. The lowest BCUT2D eigenvalue weighted by Crippen LogP contribution is -2.38. The Bertz CT molecular complexity index is 1120. The van der Waals surface area contributed by atoms with Gasteiger partial charge in [-0.25, -0.2) is 0 Å². The van der Waals surface area contributed by atoms with E-state index in [-0.39, 0.29) is 5.78 Å². The summed E-state index contributed by atoms with van der Waals surface area (Å²) in [4.78, 5) is 15.0. The van der Waals surface area contributed by atoms with Crippen LogP contribution in [0.4, 0.5) is 5.69 Å². The van der Waals surface area contributed by atoms with Crippen LogP contribution in [0.5, 0.6) is 5.75 Å². The van der Waals surface area contributed by atoms with Gasteiger partial charge >= 0.3 is 0 Å². The van der Waals surface area contributed by atoms with Crippen LogP contribution < -0.4 is 15.4 Å². The Labute approximate surface area is 177 Å². The van der Waals surface area contributed by atoms with Crippen molar-refractivity contribution in [1.82, 2.24) is 0 Å². The number of ketones is 1.